The van der Waals surface area contributed by atoms with Crippen molar-refractivity contribution in [3.05, 3.63) is 48.2 Å². The molecule has 1 N–H and O–H groups in total. The number of aliphatic hydroxyl groups is 1. The second-order valence-electron chi connectivity index (χ2n) is 6.59. The van der Waals surface area contributed by atoms with Crippen molar-refractivity contribution in [2.24, 2.45) is 0 Å². The number of likely N-dealkylation sites (N-methyl/N-ethyl adjacent to an activating group) is 1. The monoisotopic (exact) mass is 341 g/mol. The molecule has 3 heterocycles. The zero-order chi connectivity index (χ0) is 17.9. The van der Waals surface area contributed by atoms with Crippen LogP contribution in [0.4, 0.5) is 5.82 Å². The van der Waals surface area contributed by atoms with Crippen LogP contribution in [0.3, 0.4) is 0 Å². The van der Waals surface area contributed by atoms with E-state index in [9.17, 15) is 9.90 Å². The van der Waals surface area contributed by atoms with Gasteiger partial charge < -0.3 is 14.9 Å². The number of nitrogens with zero attached hydrogens (tertiary/aromatic N) is 5. The number of β-amino-alcohol motifs (C(OH)–C–C–N with tert-alkyl or cyclic N) is 1. The number of piperidine rings is 1. The summed E-state index contributed by atoms with van der Waals surface area (Å²) < 4.78 is 0. The summed E-state index contributed by atoms with van der Waals surface area (Å²) in [6.07, 6.45) is 4.82. The largest absolute Gasteiger partial charge is 0.386 e. The molecule has 1 aliphatic heterocycles. The molecule has 7 nitrogen and oxygen atoms in total. The molecule has 1 aliphatic rings. The van der Waals surface area contributed by atoms with Gasteiger partial charge in [-0.15, -0.1) is 0 Å². The van der Waals surface area contributed by atoms with E-state index in [4.69, 9.17) is 0 Å². The van der Waals surface area contributed by atoms with Gasteiger partial charge in [0.15, 0.2) is 0 Å². The van der Waals surface area contributed by atoms with Crippen molar-refractivity contribution in [1.82, 2.24) is 19.9 Å². The molecule has 1 saturated heterocycles. The van der Waals surface area contributed by atoms with Gasteiger partial charge in [-0.2, -0.15) is 0 Å². The normalized spacial score (nSPS) is 20.4. The predicted octanol–water partition coefficient (Wildman–Crippen LogP) is 1.28. The maximum Gasteiger partial charge on any atom is 0.272 e. The second-order valence-corrected chi connectivity index (χ2v) is 6.59. The van der Waals surface area contributed by atoms with E-state index in [2.05, 4.69) is 19.9 Å². The zero-order valence-electron chi connectivity index (χ0n) is 14.6. The van der Waals surface area contributed by atoms with E-state index >= 15 is 0 Å². The molecule has 2 aromatic rings. The minimum absolute atomic E-state index is 0.214. The van der Waals surface area contributed by atoms with Crippen LogP contribution in [0.5, 0.6) is 0 Å². The minimum atomic E-state index is -0.970. The molecule has 132 valence electrons. The molecule has 0 spiro atoms. The Morgan fingerprint density at radius 3 is 2.88 bits per heavy atom. The van der Waals surface area contributed by atoms with E-state index < -0.39 is 5.60 Å². The smallest absolute Gasteiger partial charge is 0.272 e. The third kappa shape index (κ3) is 4.11. The first-order valence-corrected chi connectivity index (χ1v) is 8.40. The minimum Gasteiger partial charge on any atom is -0.386 e. The van der Waals surface area contributed by atoms with Crippen LogP contribution >= 0.6 is 0 Å². The topological polar surface area (TPSA) is 82.5 Å². The van der Waals surface area contributed by atoms with Crippen molar-refractivity contribution >= 4 is 11.7 Å². The number of anilines is 1. The summed E-state index contributed by atoms with van der Waals surface area (Å²) in [7, 11) is 1.69. The van der Waals surface area contributed by atoms with Crippen LogP contribution in [0.2, 0.25) is 0 Å². The van der Waals surface area contributed by atoms with Gasteiger partial charge in [0.05, 0.1) is 12.1 Å². The molecule has 1 amide bonds. The van der Waals surface area contributed by atoms with Crippen LogP contribution in [0.1, 0.15) is 29.2 Å². The number of aryl methyl sites for hydroxylation is 1. The first-order chi connectivity index (χ1) is 12.0. The number of carbonyl (C=O) groups is 1. The van der Waals surface area contributed by atoms with Crippen molar-refractivity contribution < 1.29 is 9.90 Å². The number of hydrogen-bond acceptors (Lipinski definition) is 6. The van der Waals surface area contributed by atoms with E-state index in [1.807, 2.05) is 18.2 Å². The molecule has 1 fully saturated rings. The number of amides is 1. The summed E-state index contributed by atoms with van der Waals surface area (Å²) >= 11 is 0. The Balaban J connectivity index is 1.69. The predicted molar refractivity (Wildman–Crippen MR) is 94.4 cm³/mol. The number of rotatable bonds is 4. The molecule has 0 bridgehead atoms. The molecule has 3 rings (SSSR count). The fourth-order valence-electron chi connectivity index (χ4n) is 3.26. The lowest BCUT2D eigenvalue weighted by Crippen LogP contribution is -2.55. The summed E-state index contributed by atoms with van der Waals surface area (Å²) in [5.41, 5.74) is -0.626. The highest BCUT2D eigenvalue weighted by Gasteiger charge is 2.36. The molecule has 0 saturated carbocycles. The van der Waals surface area contributed by atoms with Gasteiger partial charge in [0.25, 0.3) is 5.91 Å². The quantitative estimate of drug-likeness (QED) is 0.902. The first kappa shape index (κ1) is 17.3. The van der Waals surface area contributed by atoms with Gasteiger partial charge in [0, 0.05) is 32.5 Å². The van der Waals surface area contributed by atoms with Crippen molar-refractivity contribution in [2.75, 3.05) is 31.6 Å². The Morgan fingerprint density at radius 2 is 2.16 bits per heavy atom. The molecule has 0 radical (unpaired) electrons. The maximum absolute atomic E-state index is 12.6. The van der Waals surface area contributed by atoms with E-state index in [0.29, 0.717) is 24.5 Å². The second kappa shape index (κ2) is 7.14. The maximum atomic E-state index is 12.6. The van der Waals surface area contributed by atoms with Crippen molar-refractivity contribution in [2.45, 2.75) is 25.4 Å². The highest BCUT2D eigenvalue weighted by Crippen LogP contribution is 2.25. The molecule has 0 aliphatic carbocycles. The number of pyridine rings is 1. The Morgan fingerprint density at radius 1 is 1.32 bits per heavy atom. The van der Waals surface area contributed by atoms with Crippen molar-refractivity contribution in [1.29, 1.82) is 0 Å². The Hall–Kier alpha value is -2.54. The molecule has 2 aromatic heterocycles. The Kier molecular flexibility index (Phi) is 4.94. The molecule has 25 heavy (non-hydrogen) atoms. The average molecular weight is 341 g/mol. The number of aromatic nitrogens is 3. The summed E-state index contributed by atoms with van der Waals surface area (Å²) in [6, 6.07) is 7.33. The van der Waals surface area contributed by atoms with Crippen LogP contribution < -0.4 is 4.90 Å². The van der Waals surface area contributed by atoms with Crippen LogP contribution in [-0.4, -0.2) is 63.1 Å². The van der Waals surface area contributed by atoms with Gasteiger partial charge in [-0.25, -0.2) is 15.0 Å². The number of carbonyl (C=O) groups excluding carboxylic acids is 1. The highest BCUT2D eigenvalue weighted by molar-refractivity contribution is 5.92. The van der Waals surface area contributed by atoms with Crippen LogP contribution in [-0.2, 0) is 0 Å². The molecule has 7 heteroatoms. The third-order valence-electron chi connectivity index (χ3n) is 4.40. The van der Waals surface area contributed by atoms with E-state index in [1.165, 1.54) is 4.90 Å². The van der Waals surface area contributed by atoms with Crippen LogP contribution in [0.25, 0.3) is 0 Å². The summed E-state index contributed by atoms with van der Waals surface area (Å²) in [5.74, 6) is 1.19. The average Bonchev–Trinajstić information content (AvgIpc) is 2.61. The van der Waals surface area contributed by atoms with E-state index in [1.54, 1.807) is 32.4 Å². The van der Waals surface area contributed by atoms with Crippen molar-refractivity contribution in [3.8, 4) is 0 Å². The van der Waals surface area contributed by atoms with Crippen LogP contribution in [0.15, 0.2) is 36.7 Å². The van der Waals surface area contributed by atoms with Gasteiger partial charge in [0.2, 0.25) is 0 Å². The highest BCUT2D eigenvalue weighted by atomic mass is 16.3. The SMILES string of the molecule is Cc1nccc(C(=O)N(C)CC2(O)CCCN(c3ccccn3)C2)n1. The molecular weight excluding hydrogens is 318 g/mol. The molecule has 0 aromatic carbocycles. The summed E-state index contributed by atoms with van der Waals surface area (Å²) in [6.45, 7) is 3.29. The van der Waals surface area contributed by atoms with E-state index in [0.717, 1.165) is 18.8 Å². The van der Waals surface area contributed by atoms with Gasteiger partial charge in [-0.1, -0.05) is 6.07 Å². The fourth-order valence-corrected chi connectivity index (χ4v) is 3.26. The summed E-state index contributed by atoms with van der Waals surface area (Å²) in [4.78, 5) is 28.7. The van der Waals surface area contributed by atoms with Gasteiger partial charge in [-0.05, 0) is 38.0 Å². The van der Waals surface area contributed by atoms with Crippen LogP contribution in [0, 0.1) is 6.92 Å². The molecule has 1 unspecified atom stereocenters. The van der Waals surface area contributed by atoms with Gasteiger partial charge in [0.1, 0.15) is 17.3 Å². The lowest BCUT2D eigenvalue weighted by Gasteiger charge is -2.41. The molecular formula is C18H23N5O2. The Bertz CT molecular complexity index is 739. The Labute approximate surface area is 147 Å². The van der Waals surface area contributed by atoms with Gasteiger partial charge in [-0.3, -0.25) is 4.79 Å². The standard InChI is InChI=1S/C18H23N5O2/c1-14-19-10-7-15(21-14)17(24)22(2)12-18(25)8-5-11-23(13-18)16-6-3-4-9-20-16/h3-4,6-7,9-10,25H,5,8,11-13H2,1-2H3. The molecule has 1 atom stereocenters. The summed E-state index contributed by atoms with van der Waals surface area (Å²) in [5, 5.41) is 11.0. The fraction of sp³-hybridized carbons (Fsp3) is 0.444. The lowest BCUT2D eigenvalue weighted by molar-refractivity contribution is -0.000284. The van der Waals surface area contributed by atoms with Crippen molar-refractivity contribution in [3.63, 3.8) is 0 Å². The van der Waals surface area contributed by atoms with Gasteiger partial charge >= 0.3 is 0 Å². The van der Waals surface area contributed by atoms with E-state index in [-0.39, 0.29) is 12.5 Å². The lowest BCUT2D eigenvalue weighted by atomic mass is 9.92. The zero-order valence-corrected chi connectivity index (χ0v) is 14.6. The number of hydrogen-bond donors (Lipinski definition) is 1. The first-order valence-electron chi connectivity index (χ1n) is 8.40. The third-order valence-corrected chi connectivity index (χ3v) is 4.40.